The number of carbonyl (C=O) groups excluding carboxylic acids is 2. The molecular weight excluding hydrogens is 364 g/mol. The molecule has 3 rings (SSSR count). The second-order valence-corrected chi connectivity index (χ2v) is 7.17. The van der Waals surface area contributed by atoms with Gasteiger partial charge in [0, 0.05) is 30.3 Å². The van der Waals surface area contributed by atoms with Gasteiger partial charge in [-0.05, 0) is 63.8 Å². The molecule has 0 saturated heterocycles. The van der Waals surface area contributed by atoms with Crippen molar-refractivity contribution >= 4 is 29.1 Å². The molecular formula is C20H25ClN4O2. The molecule has 0 bridgehead atoms. The molecule has 0 radical (unpaired) electrons. The molecule has 0 fully saturated rings. The van der Waals surface area contributed by atoms with Crippen molar-refractivity contribution in [2.24, 2.45) is 0 Å². The second kappa shape index (κ2) is 8.13. The molecule has 1 aliphatic rings. The summed E-state index contributed by atoms with van der Waals surface area (Å²) >= 11 is 5.99. The number of carbonyl (C=O) groups is 2. The van der Waals surface area contributed by atoms with E-state index < -0.39 is 0 Å². The summed E-state index contributed by atoms with van der Waals surface area (Å²) < 4.78 is 1.92. The molecule has 1 aromatic heterocycles. The lowest BCUT2D eigenvalue weighted by atomic mass is 10.1. The van der Waals surface area contributed by atoms with Gasteiger partial charge in [0.2, 0.25) is 0 Å². The smallest absolute Gasteiger partial charge is 0.289 e. The van der Waals surface area contributed by atoms with Crippen LogP contribution in [0, 0.1) is 6.92 Å². The monoisotopic (exact) mass is 388 g/mol. The van der Waals surface area contributed by atoms with Gasteiger partial charge < -0.3 is 14.8 Å². The fourth-order valence-corrected chi connectivity index (χ4v) is 3.72. The first-order chi connectivity index (χ1) is 13.0. The third-order valence-corrected chi connectivity index (χ3v) is 5.25. The highest BCUT2D eigenvalue weighted by Crippen LogP contribution is 2.24. The zero-order chi connectivity index (χ0) is 19.6. The van der Waals surface area contributed by atoms with E-state index in [9.17, 15) is 9.59 Å². The number of amides is 2. The molecule has 2 amide bonds. The summed E-state index contributed by atoms with van der Waals surface area (Å²) in [5, 5.41) is 3.54. The van der Waals surface area contributed by atoms with Crippen LogP contribution in [0.2, 0.25) is 5.02 Å². The Bertz CT molecular complexity index is 871. The summed E-state index contributed by atoms with van der Waals surface area (Å²) in [5.41, 5.74) is 2.77. The highest BCUT2D eigenvalue weighted by molar-refractivity contribution is 6.30. The number of imidazole rings is 1. The van der Waals surface area contributed by atoms with Crippen molar-refractivity contribution in [2.75, 3.05) is 18.4 Å². The number of aryl methyl sites for hydroxylation is 1. The van der Waals surface area contributed by atoms with Gasteiger partial charge in [0.1, 0.15) is 0 Å². The lowest BCUT2D eigenvalue weighted by Gasteiger charge is -2.21. The van der Waals surface area contributed by atoms with E-state index in [1.807, 2.05) is 25.3 Å². The predicted molar refractivity (Wildman–Crippen MR) is 107 cm³/mol. The van der Waals surface area contributed by atoms with Crippen LogP contribution < -0.4 is 5.32 Å². The first-order valence-corrected chi connectivity index (χ1v) is 9.80. The molecule has 1 N–H and O–H groups in total. The van der Waals surface area contributed by atoms with E-state index in [0.717, 1.165) is 37.1 Å². The quantitative estimate of drug-likeness (QED) is 0.844. The third kappa shape index (κ3) is 3.86. The fraction of sp³-hybridized carbons (Fsp3) is 0.450. The molecule has 1 aromatic carbocycles. The molecule has 0 saturated carbocycles. The molecule has 0 spiro atoms. The lowest BCUT2D eigenvalue weighted by Crippen LogP contribution is -2.33. The van der Waals surface area contributed by atoms with E-state index in [4.69, 9.17) is 11.6 Å². The van der Waals surface area contributed by atoms with Crippen LogP contribution in [-0.4, -0.2) is 39.4 Å². The summed E-state index contributed by atoms with van der Waals surface area (Å²) in [4.78, 5) is 32.0. The Balaban J connectivity index is 1.95. The molecule has 2 heterocycles. The number of benzene rings is 1. The van der Waals surface area contributed by atoms with Crippen LogP contribution in [0.4, 0.5) is 5.69 Å². The Morgan fingerprint density at radius 2 is 2.00 bits per heavy atom. The summed E-state index contributed by atoms with van der Waals surface area (Å²) in [6.07, 6.45) is 2.73. The summed E-state index contributed by atoms with van der Waals surface area (Å²) in [5.74, 6) is -0.0408. The lowest BCUT2D eigenvalue weighted by molar-refractivity contribution is 0.0754. The zero-order valence-corrected chi connectivity index (χ0v) is 16.8. The highest BCUT2D eigenvalue weighted by atomic mass is 35.5. The predicted octanol–water partition coefficient (Wildman–Crippen LogP) is 3.92. The van der Waals surface area contributed by atoms with Crippen molar-refractivity contribution in [3.05, 3.63) is 46.0 Å². The van der Waals surface area contributed by atoms with Crippen LogP contribution >= 0.6 is 11.6 Å². The maximum atomic E-state index is 12.9. The standard InChI is InChI=1S/C20H25ClN4O2/c1-4-24(5-2)20(27)18-23-17(16-8-6-7-11-25(16)18)19(26)22-15-10-9-14(21)12-13(15)3/h9-10,12H,4-8,11H2,1-3H3,(H,22,26). The summed E-state index contributed by atoms with van der Waals surface area (Å²) in [6, 6.07) is 5.32. The molecule has 0 aliphatic carbocycles. The van der Waals surface area contributed by atoms with Crippen LogP contribution in [0.1, 0.15) is 59.1 Å². The number of nitrogens with one attached hydrogen (secondary N) is 1. The third-order valence-electron chi connectivity index (χ3n) is 5.01. The first kappa shape index (κ1) is 19.4. The Labute approximate surface area is 164 Å². The zero-order valence-electron chi connectivity index (χ0n) is 16.0. The average molecular weight is 389 g/mol. The Kier molecular flexibility index (Phi) is 5.85. The molecule has 144 valence electrons. The highest BCUT2D eigenvalue weighted by Gasteiger charge is 2.29. The van der Waals surface area contributed by atoms with E-state index in [-0.39, 0.29) is 11.8 Å². The molecule has 1 aliphatic heterocycles. The number of rotatable bonds is 5. The number of fused-ring (bicyclic) bond motifs is 1. The van der Waals surface area contributed by atoms with Crippen molar-refractivity contribution in [2.45, 2.75) is 46.6 Å². The van der Waals surface area contributed by atoms with Crippen LogP contribution in [0.15, 0.2) is 18.2 Å². The number of hydrogen-bond acceptors (Lipinski definition) is 3. The van der Waals surface area contributed by atoms with Crippen molar-refractivity contribution in [3.8, 4) is 0 Å². The summed E-state index contributed by atoms with van der Waals surface area (Å²) in [7, 11) is 0. The van der Waals surface area contributed by atoms with Gasteiger partial charge in [-0.2, -0.15) is 0 Å². The van der Waals surface area contributed by atoms with E-state index in [0.29, 0.717) is 35.3 Å². The maximum absolute atomic E-state index is 12.9. The topological polar surface area (TPSA) is 67.2 Å². The van der Waals surface area contributed by atoms with E-state index >= 15 is 0 Å². The van der Waals surface area contributed by atoms with Gasteiger partial charge in [-0.1, -0.05) is 11.6 Å². The minimum Gasteiger partial charge on any atom is -0.337 e. The van der Waals surface area contributed by atoms with E-state index in [1.165, 1.54) is 0 Å². The summed E-state index contributed by atoms with van der Waals surface area (Å²) in [6.45, 7) is 7.72. The Hall–Kier alpha value is -2.34. The van der Waals surface area contributed by atoms with Gasteiger partial charge in [-0.15, -0.1) is 0 Å². The molecule has 2 aromatic rings. The maximum Gasteiger partial charge on any atom is 0.289 e. The van der Waals surface area contributed by atoms with Crippen LogP contribution in [0.3, 0.4) is 0 Å². The number of nitrogens with zero attached hydrogens (tertiary/aromatic N) is 3. The van der Waals surface area contributed by atoms with Crippen molar-refractivity contribution < 1.29 is 9.59 Å². The van der Waals surface area contributed by atoms with Crippen molar-refractivity contribution in [1.29, 1.82) is 0 Å². The Morgan fingerprint density at radius 3 is 2.67 bits per heavy atom. The van der Waals surface area contributed by atoms with Gasteiger partial charge in [0.25, 0.3) is 11.8 Å². The normalized spacial score (nSPS) is 13.2. The number of halogens is 1. The van der Waals surface area contributed by atoms with Crippen molar-refractivity contribution in [3.63, 3.8) is 0 Å². The number of aromatic nitrogens is 2. The fourth-order valence-electron chi connectivity index (χ4n) is 3.49. The molecule has 0 unspecified atom stereocenters. The van der Waals surface area contributed by atoms with Gasteiger partial charge in [0.15, 0.2) is 11.5 Å². The van der Waals surface area contributed by atoms with Crippen LogP contribution in [0.5, 0.6) is 0 Å². The second-order valence-electron chi connectivity index (χ2n) is 6.73. The first-order valence-electron chi connectivity index (χ1n) is 9.42. The van der Waals surface area contributed by atoms with Gasteiger partial charge in [-0.3, -0.25) is 9.59 Å². The van der Waals surface area contributed by atoms with Crippen molar-refractivity contribution in [1.82, 2.24) is 14.5 Å². The van der Waals surface area contributed by atoms with Crippen LogP contribution in [-0.2, 0) is 13.0 Å². The van der Waals surface area contributed by atoms with Gasteiger partial charge >= 0.3 is 0 Å². The van der Waals surface area contributed by atoms with Crippen LogP contribution in [0.25, 0.3) is 0 Å². The molecule has 7 heteroatoms. The molecule has 6 nitrogen and oxygen atoms in total. The molecule has 0 atom stereocenters. The molecule has 27 heavy (non-hydrogen) atoms. The SMILES string of the molecule is CCN(CC)C(=O)c1nc(C(=O)Nc2ccc(Cl)cc2C)c2n1CCCC2. The minimum absolute atomic E-state index is 0.120. The van der Waals surface area contributed by atoms with Gasteiger partial charge in [-0.25, -0.2) is 4.98 Å². The van der Waals surface area contributed by atoms with Gasteiger partial charge in [0.05, 0.1) is 5.69 Å². The average Bonchev–Trinajstić information content (AvgIpc) is 3.04. The number of anilines is 1. The minimum atomic E-state index is -0.287. The Morgan fingerprint density at radius 1 is 1.26 bits per heavy atom. The van der Waals surface area contributed by atoms with E-state index in [1.54, 1.807) is 23.1 Å². The number of hydrogen-bond donors (Lipinski definition) is 1. The largest absolute Gasteiger partial charge is 0.337 e. The van der Waals surface area contributed by atoms with E-state index in [2.05, 4.69) is 10.3 Å².